The molecule has 6 heteroatoms. The Bertz CT molecular complexity index is 1210. The van der Waals surface area contributed by atoms with E-state index in [0.29, 0.717) is 22.0 Å². The molecule has 1 heterocycles. The van der Waals surface area contributed by atoms with Crippen LogP contribution in [-0.2, 0) is 5.41 Å². The number of carbonyl (C=O) groups is 1. The molecule has 162 valence electrons. The summed E-state index contributed by atoms with van der Waals surface area (Å²) in [5.41, 5.74) is 3.18. The fourth-order valence-corrected chi connectivity index (χ4v) is 3.61. The highest BCUT2D eigenvalue weighted by atomic mass is 35.5. The van der Waals surface area contributed by atoms with Gasteiger partial charge in [-0.05, 0) is 41.3 Å². The number of hydrogen-bond donors (Lipinski definition) is 1. The fourth-order valence-electron chi connectivity index (χ4n) is 3.37. The second kappa shape index (κ2) is 8.97. The molecule has 4 rings (SSSR count). The Morgan fingerprint density at radius 2 is 1.56 bits per heavy atom. The molecule has 1 N–H and O–H groups in total. The molecule has 5 nitrogen and oxygen atoms in total. The van der Waals surface area contributed by atoms with Crippen LogP contribution in [0.1, 0.15) is 54.2 Å². The summed E-state index contributed by atoms with van der Waals surface area (Å²) >= 11 is 6.45. The lowest BCUT2D eigenvalue weighted by Gasteiger charge is -2.20. The Labute approximate surface area is 192 Å². The Balaban J connectivity index is 1.66. The first kappa shape index (κ1) is 21.8. The van der Waals surface area contributed by atoms with E-state index in [0.717, 1.165) is 11.1 Å². The van der Waals surface area contributed by atoms with E-state index in [9.17, 15) is 4.79 Å². The van der Waals surface area contributed by atoms with Crippen molar-refractivity contribution < 1.29 is 9.21 Å². The van der Waals surface area contributed by atoms with Crippen molar-refractivity contribution in [3.8, 4) is 11.5 Å². The van der Waals surface area contributed by atoms with Crippen molar-refractivity contribution in [2.24, 2.45) is 0 Å². The second-order valence-corrected chi connectivity index (χ2v) is 8.97. The topological polar surface area (TPSA) is 68.0 Å². The van der Waals surface area contributed by atoms with Gasteiger partial charge in [-0.2, -0.15) is 0 Å². The monoisotopic (exact) mass is 445 g/mol. The van der Waals surface area contributed by atoms with Crippen LogP contribution in [0, 0.1) is 0 Å². The van der Waals surface area contributed by atoms with Crippen molar-refractivity contribution in [3.63, 3.8) is 0 Å². The molecule has 1 aromatic heterocycles. The smallest absolute Gasteiger partial charge is 0.252 e. The van der Waals surface area contributed by atoms with E-state index in [1.54, 1.807) is 6.07 Å². The molecule has 0 radical (unpaired) electrons. The number of halogens is 1. The average Bonchev–Trinajstić information content (AvgIpc) is 3.28. The number of nitrogens with one attached hydrogen (secondary N) is 1. The predicted octanol–water partition coefficient (Wildman–Crippen LogP) is 6.21. The Morgan fingerprint density at radius 1 is 0.906 bits per heavy atom. The molecule has 0 aliphatic heterocycles. The van der Waals surface area contributed by atoms with Gasteiger partial charge in [0.05, 0.1) is 0 Å². The molecule has 0 spiro atoms. The molecule has 1 amide bonds. The van der Waals surface area contributed by atoms with Crippen LogP contribution >= 0.6 is 11.6 Å². The molecule has 1 atom stereocenters. The molecule has 0 aliphatic carbocycles. The summed E-state index contributed by atoms with van der Waals surface area (Å²) in [7, 11) is 0. The van der Waals surface area contributed by atoms with E-state index < -0.39 is 6.04 Å². The second-order valence-electron chi connectivity index (χ2n) is 8.57. The van der Waals surface area contributed by atoms with Crippen molar-refractivity contribution in [1.82, 2.24) is 15.5 Å². The summed E-state index contributed by atoms with van der Waals surface area (Å²) in [5, 5.41) is 11.9. The normalized spacial score (nSPS) is 12.4. The van der Waals surface area contributed by atoms with Crippen molar-refractivity contribution in [2.75, 3.05) is 0 Å². The number of benzene rings is 3. The summed E-state index contributed by atoms with van der Waals surface area (Å²) < 4.78 is 5.95. The molecule has 0 saturated carbocycles. The van der Waals surface area contributed by atoms with Gasteiger partial charge >= 0.3 is 0 Å². The first-order valence-electron chi connectivity index (χ1n) is 10.4. The van der Waals surface area contributed by atoms with Crippen LogP contribution in [-0.4, -0.2) is 16.1 Å². The van der Waals surface area contributed by atoms with Crippen LogP contribution < -0.4 is 5.32 Å². The maximum absolute atomic E-state index is 13.1. The highest BCUT2D eigenvalue weighted by molar-refractivity contribution is 6.31. The van der Waals surface area contributed by atoms with E-state index in [2.05, 4.69) is 36.3 Å². The third-order valence-electron chi connectivity index (χ3n) is 5.21. The molecule has 0 bridgehead atoms. The van der Waals surface area contributed by atoms with Crippen molar-refractivity contribution >= 4 is 17.5 Å². The molecule has 0 saturated heterocycles. The quantitative estimate of drug-likeness (QED) is 0.396. The minimum atomic E-state index is -0.691. The van der Waals surface area contributed by atoms with Gasteiger partial charge in [0.2, 0.25) is 11.8 Å². The number of carbonyl (C=O) groups excluding carboxylic acids is 1. The Morgan fingerprint density at radius 3 is 2.22 bits per heavy atom. The summed E-state index contributed by atoms with van der Waals surface area (Å²) in [6, 6.07) is 23.7. The predicted molar refractivity (Wildman–Crippen MR) is 126 cm³/mol. The van der Waals surface area contributed by atoms with Crippen molar-refractivity contribution in [3.05, 3.63) is 106 Å². The maximum Gasteiger partial charge on any atom is 0.252 e. The third-order valence-corrected chi connectivity index (χ3v) is 5.56. The molecule has 0 aliphatic rings. The van der Waals surface area contributed by atoms with Gasteiger partial charge in [0.25, 0.3) is 5.91 Å². The zero-order chi connectivity index (χ0) is 22.7. The highest BCUT2D eigenvalue weighted by Crippen LogP contribution is 2.30. The number of rotatable bonds is 5. The van der Waals surface area contributed by atoms with Gasteiger partial charge in [0.15, 0.2) is 0 Å². The van der Waals surface area contributed by atoms with Gasteiger partial charge in [-0.25, -0.2) is 0 Å². The summed E-state index contributed by atoms with van der Waals surface area (Å²) in [6.45, 7) is 6.40. The minimum absolute atomic E-state index is 0.00665. The van der Waals surface area contributed by atoms with Gasteiger partial charge in [0, 0.05) is 21.7 Å². The standard InChI is InChI=1S/C26H24ClN3O2/c1-26(2,3)19-15-13-17(14-16-19)23(31)28-22(20-11-7-8-12-21(20)27)25-30-29-24(32-25)18-9-5-4-6-10-18/h4-16,22H,1-3H3,(H,28,31). The molecule has 32 heavy (non-hydrogen) atoms. The third kappa shape index (κ3) is 4.73. The zero-order valence-electron chi connectivity index (χ0n) is 18.2. The molecule has 0 fully saturated rings. The number of amides is 1. The summed E-state index contributed by atoms with van der Waals surface area (Å²) in [5.74, 6) is 0.382. The van der Waals surface area contributed by atoms with Crippen molar-refractivity contribution in [1.29, 1.82) is 0 Å². The number of nitrogens with zero attached hydrogens (tertiary/aromatic N) is 2. The molecule has 1 unspecified atom stereocenters. The zero-order valence-corrected chi connectivity index (χ0v) is 18.9. The maximum atomic E-state index is 13.1. The van der Waals surface area contributed by atoms with Gasteiger partial charge in [-0.15, -0.1) is 10.2 Å². The molecular formula is C26H24ClN3O2. The first-order chi connectivity index (χ1) is 15.3. The summed E-state index contributed by atoms with van der Waals surface area (Å²) in [4.78, 5) is 13.1. The lowest BCUT2D eigenvalue weighted by Crippen LogP contribution is -2.30. The van der Waals surface area contributed by atoms with Gasteiger partial charge in [0.1, 0.15) is 6.04 Å². The van der Waals surface area contributed by atoms with Crippen LogP contribution in [0.15, 0.2) is 83.3 Å². The Hall–Kier alpha value is -3.44. The fraction of sp³-hybridized carbons (Fsp3) is 0.192. The van der Waals surface area contributed by atoms with Gasteiger partial charge in [-0.3, -0.25) is 4.79 Å². The van der Waals surface area contributed by atoms with Crippen LogP contribution in [0.25, 0.3) is 11.5 Å². The van der Waals surface area contributed by atoms with E-state index >= 15 is 0 Å². The lowest BCUT2D eigenvalue weighted by atomic mass is 9.86. The lowest BCUT2D eigenvalue weighted by molar-refractivity contribution is 0.0938. The number of hydrogen-bond acceptors (Lipinski definition) is 4. The Kier molecular flexibility index (Phi) is 6.10. The first-order valence-corrected chi connectivity index (χ1v) is 10.8. The molecule has 4 aromatic rings. The largest absolute Gasteiger partial charge is 0.418 e. The van der Waals surface area contributed by atoms with E-state index in [1.807, 2.05) is 72.8 Å². The van der Waals surface area contributed by atoms with E-state index in [1.165, 1.54) is 0 Å². The highest BCUT2D eigenvalue weighted by Gasteiger charge is 2.26. The van der Waals surface area contributed by atoms with E-state index in [-0.39, 0.29) is 17.2 Å². The van der Waals surface area contributed by atoms with Gasteiger partial charge < -0.3 is 9.73 Å². The summed E-state index contributed by atoms with van der Waals surface area (Å²) in [6.07, 6.45) is 0. The van der Waals surface area contributed by atoms with Crippen molar-refractivity contribution in [2.45, 2.75) is 32.2 Å². The van der Waals surface area contributed by atoms with Crippen LogP contribution in [0.5, 0.6) is 0 Å². The van der Waals surface area contributed by atoms with Crippen LogP contribution in [0.4, 0.5) is 0 Å². The molecule has 3 aromatic carbocycles. The van der Waals surface area contributed by atoms with Gasteiger partial charge in [-0.1, -0.05) is 80.9 Å². The van der Waals surface area contributed by atoms with Crippen LogP contribution in [0.2, 0.25) is 5.02 Å². The minimum Gasteiger partial charge on any atom is -0.418 e. The number of aromatic nitrogens is 2. The van der Waals surface area contributed by atoms with Crippen LogP contribution in [0.3, 0.4) is 0 Å². The SMILES string of the molecule is CC(C)(C)c1ccc(C(=O)NC(c2nnc(-c3ccccc3)o2)c2ccccc2Cl)cc1. The average molecular weight is 446 g/mol. The van der Waals surface area contributed by atoms with E-state index in [4.69, 9.17) is 16.0 Å². The molecular weight excluding hydrogens is 422 g/mol.